The zero-order valence-electron chi connectivity index (χ0n) is 12.2. The first-order valence-electron chi connectivity index (χ1n) is 6.73. The van der Waals surface area contributed by atoms with E-state index in [-0.39, 0.29) is 5.91 Å². The molecule has 1 amide bonds. The summed E-state index contributed by atoms with van der Waals surface area (Å²) in [6, 6.07) is 11.4. The maximum Gasteiger partial charge on any atom is 0.251 e. The van der Waals surface area contributed by atoms with Gasteiger partial charge in [-0.3, -0.25) is 4.79 Å². The Morgan fingerprint density at radius 3 is 2.33 bits per heavy atom. The van der Waals surface area contributed by atoms with Gasteiger partial charge in [0.05, 0.1) is 7.11 Å². The third-order valence-corrected chi connectivity index (χ3v) is 3.11. The Morgan fingerprint density at radius 1 is 1.10 bits per heavy atom. The van der Waals surface area contributed by atoms with Gasteiger partial charge in [0.25, 0.3) is 5.91 Å². The number of carbonyl (C=O) groups is 1. The van der Waals surface area contributed by atoms with Crippen molar-refractivity contribution < 1.29 is 9.53 Å². The second-order valence-electron chi connectivity index (χ2n) is 4.59. The summed E-state index contributed by atoms with van der Waals surface area (Å²) in [4.78, 5) is 15.6. The van der Waals surface area contributed by atoms with Gasteiger partial charge in [0.2, 0.25) is 5.88 Å². The molecule has 0 bridgehead atoms. The van der Waals surface area contributed by atoms with Gasteiger partial charge in [-0.25, -0.2) is 4.98 Å². The van der Waals surface area contributed by atoms with Crippen LogP contribution in [0.25, 0.3) is 0 Å². The molecule has 0 saturated heterocycles. The van der Waals surface area contributed by atoms with E-state index in [1.807, 2.05) is 36.4 Å². The van der Waals surface area contributed by atoms with Crippen LogP contribution in [0.1, 0.15) is 21.5 Å². The van der Waals surface area contributed by atoms with Gasteiger partial charge < -0.3 is 15.4 Å². The molecule has 1 aromatic carbocycles. The molecule has 0 aliphatic heterocycles. The van der Waals surface area contributed by atoms with Crippen molar-refractivity contribution in [2.75, 3.05) is 14.2 Å². The summed E-state index contributed by atoms with van der Waals surface area (Å²) in [6.07, 6.45) is 1.79. The van der Waals surface area contributed by atoms with Crippen molar-refractivity contribution in [2.45, 2.75) is 13.1 Å². The first-order chi connectivity index (χ1) is 10.2. The van der Waals surface area contributed by atoms with Crippen LogP contribution < -0.4 is 15.4 Å². The van der Waals surface area contributed by atoms with Crippen molar-refractivity contribution >= 4 is 5.91 Å². The Labute approximate surface area is 124 Å². The summed E-state index contributed by atoms with van der Waals surface area (Å²) >= 11 is 0. The Kier molecular flexibility index (Phi) is 5.29. The van der Waals surface area contributed by atoms with Crippen molar-refractivity contribution in [2.24, 2.45) is 0 Å². The van der Waals surface area contributed by atoms with Crippen molar-refractivity contribution in [1.82, 2.24) is 15.6 Å². The van der Waals surface area contributed by atoms with E-state index in [0.29, 0.717) is 11.4 Å². The first-order valence-corrected chi connectivity index (χ1v) is 6.73. The number of pyridine rings is 1. The fraction of sp³-hybridized carbons (Fsp3) is 0.250. The molecule has 2 rings (SSSR count). The van der Waals surface area contributed by atoms with Crippen LogP contribution in [0.4, 0.5) is 0 Å². The lowest BCUT2D eigenvalue weighted by Crippen LogP contribution is -2.18. The summed E-state index contributed by atoms with van der Waals surface area (Å²) in [5, 5.41) is 5.94. The Bertz CT molecular complexity index is 579. The first kappa shape index (κ1) is 15.0. The molecule has 5 heteroatoms. The van der Waals surface area contributed by atoms with E-state index in [2.05, 4.69) is 15.6 Å². The second kappa shape index (κ2) is 7.40. The largest absolute Gasteiger partial charge is 0.481 e. The number of hydrogen-bond donors (Lipinski definition) is 2. The van der Waals surface area contributed by atoms with E-state index in [4.69, 9.17) is 4.74 Å². The van der Waals surface area contributed by atoms with Crippen LogP contribution >= 0.6 is 0 Å². The summed E-state index contributed by atoms with van der Waals surface area (Å²) < 4.78 is 5.02. The molecule has 0 unspecified atom stereocenters. The molecule has 110 valence electrons. The third kappa shape index (κ3) is 4.29. The number of amides is 1. The molecule has 1 aromatic heterocycles. The van der Waals surface area contributed by atoms with E-state index in [0.717, 1.165) is 24.2 Å². The molecule has 0 aliphatic carbocycles. The van der Waals surface area contributed by atoms with Gasteiger partial charge >= 0.3 is 0 Å². The number of benzene rings is 1. The molecule has 5 nitrogen and oxygen atoms in total. The van der Waals surface area contributed by atoms with Crippen LogP contribution in [-0.2, 0) is 13.1 Å². The Balaban J connectivity index is 1.83. The fourth-order valence-corrected chi connectivity index (χ4v) is 1.91. The number of aromatic nitrogens is 1. The monoisotopic (exact) mass is 285 g/mol. The van der Waals surface area contributed by atoms with E-state index < -0.39 is 0 Å². The highest BCUT2D eigenvalue weighted by Gasteiger charge is 2.02. The molecule has 0 saturated carbocycles. The third-order valence-electron chi connectivity index (χ3n) is 3.11. The number of carbonyl (C=O) groups excluding carboxylic acids is 1. The fourth-order valence-electron chi connectivity index (χ4n) is 1.91. The van der Waals surface area contributed by atoms with Gasteiger partial charge in [-0.2, -0.15) is 0 Å². The number of hydrogen-bond acceptors (Lipinski definition) is 4. The highest BCUT2D eigenvalue weighted by Crippen LogP contribution is 2.07. The maximum atomic E-state index is 11.4. The molecule has 21 heavy (non-hydrogen) atoms. The van der Waals surface area contributed by atoms with Gasteiger partial charge in [-0.05, 0) is 23.3 Å². The number of nitrogens with one attached hydrogen (secondary N) is 2. The standard InChI is InChI=1S/C16H19N3O2/c1-17-16(20)14-6-3-12(4-7-14)9-18-10-13-5-8-15(21-2)19-11-13/h3-8,11,18H,9-10H2,1-2H3,(H,17,20). The Morgan fingerprint density at radius 2 is 1.76 bits per heavy atom. The average Bonchev–Trinajstić information content (AvgIpc) is 2.55. The molecular weight excluding hydrogens is 266 g/mol. The highest BCUT2D eigenvalue weighted by atomic mass is 16.5. The molecule has 0 radical (unpaired) electrons. The van der Waals surface area contributed by atoms with Crippen LogP contribution in [0.2, 0.25) is 0 Å². The SMILES string of the molecule is CNC(=O)c1ccc(CNCc2ccc(OC)nc2)cc1. The lowest BCUT2D eigenvalue weighted by molar-refractivity contribution is 0.0963. The summed E-state index contributed by atoms with van der Waals surface area (Å²) in [5.41, 5.74) is 2.89. The minimum absolute atomic E-state index is 0.0705. The van der Waals surface area contributed by atoms with Gasteiger partial charge in [0, 0.05) is 38.0 Å². The number of rotatable bonds is 6. The predicted molar refractivity (Wildman–Crippen MR) is 81.2 cm³/mol. The van der Waals surface area contributed by atoms with Crippen molar-refractivity contribution in [3.8, 4) is 5.88 Å². The normalized spacial score (nSPS) is 10.2. The van der Waals surface area contributed by atoms with Crippen molar-refractivity contribution in [3.63, 3.8) is 0 Å². The van der Waals surface area contributed by atoms with E-state index in [1.54, 1.807) is 20.4 Å². The van der Waals surface area contributed by atoms with E-state index in [9.17, 15) is 4.79 Å². The zero-order chi connectivity index (χ0) is 15.1. The molecule has 1 heterocycles. The summed E-state index contributed by atoms with van der Waals surface area (Å²) in [7, 11) is 3.23. The highest BCUT2D eigenvalue weighted by molar-refractivity contribution is 5.93. The van der Waals surface area contributed by atoms with Crippen molar-refractivity contribution in [1.29, 1.82) is 0 Å². The molecular formula is C16H19N3O2. The van der Waals surface area contributed by atoms with Crippen LogP contribution in [-0.4, -0.2) is 25.0 Å². The lowest BCUT2D eigenvalue weighted by atomic mass is 10.1. The molecule has 2 aromatic rings. The molecule has 0 spiro atoms. The molecule has 0 fully saturated rings. The lowest BCUT2D eigenvalue weighted by Gasteiger charge is -2.06. The van der Waals surface area contributed by atoms with Crippen LogP contribution in [0.15, 0.2) is 42.6 Å². The van der Waals surface area contributed by atoms with Crippen LogP contribution in [0, 0.1) is 0 Å². The van der Waals surface area contributed by atoms with Crippen LogP contribution in [0.3, 0.4) is 0 Å². The minimum Gasteiger partial charge on any atom is -0.481 e. The maximum absolute atomic E-state index is 11.4. The van der Waals surface area contributed by atoms with Gasteiger partial charge in [-0.15, -0.1) is 0 Å². The molecule has 0 aliphatic rings. The van der Waals surface area contributed by atoms with Gasteiger partial charge in [0.15, 0.2) is 0 Å². The number of ether oxygens (including phenoxy) is 1. The quantitative estimate of drug-likeness (QED) is 0.848. The number of methoxy groups -OCH3 is 1. The molecule has 0 atom stereocenters. The smallest absolute Gasteiger partial charge is 0.251 e. The van der Waals surface area contributed by atoms with Crippen molar-refractivity contribution in [3.05, 3.63) is 59.3 Å². The van der Waals surface area contributed by atoms with Crippen LogP contribution in [0.5, 0.6) is 5.88 Å². The number of nitrogens with zero attached hydrogens (tertiary/aromatic N) is 1. The average molecular weight is 285 g/mol. The zero-order valence-corrected chi connectivity index (χ0v) is 12.2. The summed E-state index contributed by atoms with van der Waals surface area (Å²) in [5.74, 6) is 0.544. The molecule has 2 N–H and O–H groups in total. The van der Waals surface area contributed by atoms with Gasteiger partial charge in [-0.1, -0.05) is 18.2 Å². The Hall–Kier alpha value is -2.40. The predicted octanol–water partition coefficient (Wildman–Crippen LogP) is 1.74. The minimum atomic E-state index is -0.0705. The van der Waals surface area contributed by atoms with E-state index >= 15 is 0 Å². The topological polar surface area (TPSA) is 63.2 Å². The van der Waals surface area contributed by atoms with E-state index in [1.165, 1.54) is 0 Å². The summed E-state index contributed by atoms with van der Waals surface area (Å²) in [6.45, 7) is 1.47. The van der Waals surface area contributed by atoms with Gasteiger partial charge in [0.1, 0.15) is 0 Å². The second-order valence-corrected chi connectivity index (χ2v) is 4.59.